The lowest BCUT2D eigenvalue weighted by Gasteiger charge is -2.35. The fourth-order valence-corrected chi connectivity index (χ4v) is 2.21. The Hall–Kier alpha value is -2.15. The highest BCUT2D eigenvalue weighted by Gasteiger charge is 2.38. The van der Waals surface area contributed by atoms with E-state index >= 15 is 0 Å². The molecule has 0 saturated heterocycles. The number of hydrogen-bond acceptors (Lipinski definition) is 6. The van der Waals surface area contributed by atoms with Gasteiger partial charge in [-0.1, -0.05) is 24.3 Å². The number of carbonyl (C=O) groups excluding carboxylic acids is 1. The summed E-state index contributed by atoms with van der Waals surface area (Å²) >= 11 is 0. The fourth-order valence-electron chi connectivity index (χ4n) is 2.21. The van der Waals surface area contributed by atoms with Gasteiger partial charge in [0.05, 0.1) is 12.1 Å². The van der Waals surface area contributed by atoms with Crippen LogP contribution in [0.2, 0.25) is 0 Å². The molecule has 118 valence electrons. The molecule has 6 nitrogen and oxygen atoms in total. The van der Waals surface area contributed by atoms with Crippen LogP contribution in [0.5, 0.6) is 5.75 Å². The number of aliphatic hydroxyl groups is 3. The minimum absolute atomic E-state index is 0.0992. The first kappa shape index (κ1) is 16.2. The predicted molar refractivity (Wildman–Crippen MR) is 75.7 cm³/mol. The van der Waals surface area contributed by atoms with Crippen molar-refractivity contribution in [2.24, 2.45) is 0 Å². The van der Waals surface area contributed by atoms with Gasteiger partial charge in [-0.15, -0.1) is 0 Å². The van der Waals surface area contributed by atoms with Crippen molar-refractivity contribution in [1.29, 1.82) is 0 Å². The third-order valence-electron chi connectivity index (χ3n) is 3.38. The first-order valence-corrected chi connectivity index (χ1v) is 6.79. The first-order chi connectivity index (χ1) is 10.4. The molecule has 2 rings (SSSR count). The summed E-state index contributed by atoms with van der Waals surface area (Å²) in [7, 11) is 0. The molecule has 0 radical (unpaired) electrons. The topological polar surface area (TPSA) is 110 Å². The Bertz CT molecular complexity index is 580. The van der Waals surface area contributed by atoms with Crippen LogP contribution in [0.3, 0.4) is 0 Å². The Morgan fingerprint density at radius 1 is 1.36 bits per heavy atom. The highest BCUT2D eigenvalue weighted by atomic mass is 16.5. The molecule has 0 spiro atoms. The van der Waals surface area contributed by atoms with Gasteiger partial charge in [0.15, 0.2) is 0 Å². The van der Waals surface area contributed by atoms with Gasteiger partial charge in [0, 0.05) is 6.42 Å². The van der Waals surface area contributed by atoms with E-state index in [1.54, 1.807) is 18.2 Å². The molecule has 3 N–H and O–H groups in total. The number of para-hydroxylation sites is 1. The van der Waals surface area contributed by atoms with Crippen LogP contribution in [0.4, 0.5) is 0 Å². The lowest BCUT2D eigenvalue weighted by Crippen LogP contribution is -2.53. The van der Waals surface area contributed by atoms with Gasteiger partial charge in [-0.2, -0.15) is 0 Å². The maximum atomic E-state index is 10.9. The second-order valence-electron chi connectivity index (χ2n) is 5.10. The zero-order chi connectivity index (χ0) is 16.2. The number of ether oxygens (including phenoxy) is 1. The molecule has 1 aliphatic carbocycles. The standard InChI is InChI=1S/C16H18O6/c17-13-10-16(21,15(19)20)9-11(14(13)18)5-4-8-22-12-6-2-1-3-7-12/h1-7,9,13-14,17-18,21H,8,10H2,(H,19,20)/p-1/b5-4+/t13-,14-,16+/m1/s1. The SMILES string of the molecule is O=C([O-])[C@]1(O)C=C(/C=C/COc2ccccc2)[C@@H](O)[C@H](O)C1. The van der Waals surface area contributed by atoms with E-state index < -0.39 is 30.2 Å². The lowest BCUT2D eigenvalue weighted by molar-refractivity contribution is -0.323. The van der Waals surface area contributed by atoms with Crippen molar-refractivity contribution in [3.8, 4) is 5.75 Å². The van der Waals surface area contributed by atoms with Crippen LogP contribution >= 0.6 is 0 Å². The summed E-state index contributed by atoms with van der Waals surface area (Å²) in [4.78, 5) is 10.9. The molecule has 0 fully saturated rings. The molecule has 6 heteroatoms. The summed E-state index contributed by atoms with van der Waals surface area (Å²) in [5, 5.41) is 40.3. The minimum Gasteiger partial charge on any atom is -0.547 e. The summed E-state index contributed by atoms with van der Waals surface area (Å²) in [6, 6.07) is 9.06. The quantitative estimate of drug-likeness (QED) is 0.654. The van der Waals surface area contributed by atoms with Crippen molar-refractivity contribution in [1.82, 2.24) is 0 Å². The molecule has 0 aromatic heterocycles. The molecule has 1 aliphatic rings. The van der Waals surface area contributed by atoms with E-state index in [0.717, 1.165) is 6.08 Å². The molecule has 0 amide bonds. The number of hydrogen-bond donors (Lipinski definition) is 3. The van der Waals surface area contributed by atoms with Crippen molar-refractivity contribution in [2.45, 2.75) is 24.2 Å². The third-order valence-corrected chi connectivity index (χ3v) is 3.38. The first-order valence-electron chi connectivity index (χ1n) is 6.79. The Labute approximate surface area is 127 Å². The van der Waals surface area contributed by atoms with Gasteiger partial charge in [0.1, 0.15) is 24.1 Å². The van der Waals surface area contributed by atoms with Crippen molar-refractivity contribution >= 4 is 5.97 Å². The normalized spacial score (nSPS) is 28.4. The van der Waals surface area contributed by atoms with Gasteiger partial charge < -0.3 is 30.0 Å². The van der Waals surface area contributed by atoms with E-state index in [1.807, 2.05) is 18.2 Å². The largest absolute Gasteiger partial charge is 0.547 e. The van der Waals surface area contributed by atoms with Gasteiger partial charge in [-0.3, -0.25) is 0 Å². The van der Waals surface area contributed by atoms with Gasteiger partial charge >= 0.3 is 0 Å². The molecule has 0 bridgehead atoms. The predicted octanol–water partition coefficient (Wildman–Crippen LogP) is -0.846. The maximum absolute atomic E-state index is 10.9. The molecule has 22 heavy (non-hydrogen) atoms. The number of aliphatic carboxylic acids is 1. The average molecular weight is 305 g/mol. The summed E-state index contributed by atoms with van der Waals surface area (Å²) < 4.78 is 5.41. The smallest absolute Gasteiger partial charge is 0.125 e. The number of carboxylic acids is 1. The Balaban J connectivity index is 2.04. The van der Waals surface area contributed by atoms with Crippen molar-refractivity contribution in [3.05, 3.63) is 54.1 Å². The van der Waals surface area contributed by atoms with Crippen LogP contribution in [0, 0.1) is 0 Å². The van der Waals surface area contributed by atoms with E-state index in [4.69, 9.17) is 4.74 Å². The van der Waals surface area contributed by atoms with E-state index in [0.29, 0.717) is 5.75 Å². The monoisotopic (exact) mass is 305 g/mol. The average Bonchev–Trinajstić information content (AvgIpc) is 2.49. The summed E-state index contributed by atoms with van der Waals surface area (Å²) in [5.74, 6) is -1.05. The van der Waals surface area contributed by atoms with Crippen LogP contribution in [0.15, 0.2) is 54.1 Å². The summed E-state index contributed by atoms with van der Waals surface area (Å²) in [5.41, 5.74) is -2.19. The molecule has 1 aromatic carbocycles. The molecular weight excluding hydrogens is 288 g/mol. The Morgan fingerprint density at radius 3 is 2.68 bits per heavy atom. The lowest BCUT2D eigenvalue weighted by atomic mass is 9.83. The zero-order valence-electron chi connectivity index (χ0n) is 11.8. The Kier molecular flexibility index (Phi) is 4.97. The van der Waals surface area contributed by atoms with E-state index in [-0.39, 0.29) is 12.2 Å². The zero-order valence-corrected chi connectivity index (χ0v) is 11.8. The number of carbonyl (C=O) groups is 1. The van der Waals surface area contributed by atoms with Gasteiger partial charge in [0.25, 0.3) is 0 Å². The van der Waals surface area contributed by atoms with Gasteiger partial charge in [0.2, 0.25) is 0 Å². The molecular formula is C16H17O6-. The number of aliphatic hydroxyl groups excluding tert-OH is 2. The molecule has 0 unspecified atom stereocenters. The van der Waals surface area contributed by atoms with Crippen molar-refractivity contribution < 1.29 is 30.0 Å². The van der Waals surface area contributed by atoms with Crippen molar-refractivity contribution in [3.63, 3.8) is 0 Å². The third kappa shape index (κ3) is 3.73. The molecule has 0 heterocycles. The highest BCUT2D eigenvalue weighted by molar-refractivity contribution is 5.78. The summed E-state index contributed by atoms with van der Waals surface area (Å²) in [6.45, 7) is 0.188. The van der Waals surface area contributed by atoms with Crippen LogP contribution < -0.4 is 9.84 Å². The van der Waals surface area contributed by atoms with Gasteiger partial charge in [-0.05, 0) is 29.9 Å². The second kappa shape index (κ2) is 6.74. The Morgan fingerprint density at radius 2 is 2.05 bits per heavy atom. The van der Waals surface area contributed by atoms with Gasteiger partial charge in [-0.25, -0.2) is 0 Å². The number of rotatable bonds is 5. The molecule has 1 aromatic rings. The fraction of sp³-hybridized carbons (Fsp3) is 0.312. The van der Waals surface area contributed by atoms with E-state index in [2.05, 4.69) is 0 Å². The maximum Gasteiger partial charge on any atom is 0.125 e. The van der Waals surface area contributed by atoms with Crippen LogP contribution in [0.25, 0.3) is 0 Å². The van der Waals surface area contributed by atoms with Crippen LogP contribution in [0.1, 0.15) is 6.42 Å². The molecule has 0 saturated carbocycles. The number of benzene rings is 1. The summed E-state index contributed by atoms with van der Waals surface area (Å²) in [6.07, 6.45) is 0.766. The van der Waals surface area contributed by atoms with E-state index in [9.17, 15) is 25.2 Å². The van der Waals surface area contributed by atoms with Crippen LogP contribution in [-0.4, -0.2) is 45.7 Å². The highest BCUT2D eigenvalue weighted by Crippen LogP contribution is 2.28. The van der Waals surface area contributed by atoms with Crippen LogP contribution in [-0.2, 0) is 4.79 Å². The van der Waals surface area contributed by atoms with Crippen molar-refractivity contribution in [2.75, 3.05) is 6.61 Å². The number of carboxylic acid groups (broad SMARTS) is 1. The second-order valence-corrected chi connectivity index (χ2v) is 5.10. The minimum atomic E-state index is -2.29. The molecule has 3 atom stereocenters. The van der Waals surface area contributed by atoms with E-state index in [1.165, 1.54) is 6.08 Å². The molecule has 0 aliphatic heterocycles.